The van der Waals surface area contributed by atoms with E-state index in [2.05, 4.69) is 4.98 Å². The van der Waals surface area contributed by atoms with Crippen molar-refractivity contribution in [1.29, 1.82) is 5.26 Å². The van der Waals surface area contributed by atoms with E-state index < -0.39 is 5.92 Å². The number of hydrogen-bond donors (Lipinski definition) is 0. The molecule has 3 heteroatoms. The van der Waals surface area contributed by atoms with E-state index in [1.54, 1.807) is 24.4 Å². The predicted molar refractivity (Wildman–Crippen MR) is 72.4 cm³/mol. The van der Waals surface area contributed by atoms with Gasteiger partial charge in [-0.2, -0.15) is 5.26 Å². The molecular weight excluding hydrogens is 236 g/mol. The van der Waals surface area contributed by atoms with Crippen LogP contribution in [-0.2, 0) is 11.2 Å². The van der Waals surface area contributed by atoms with Gasteiger partial charge in [-0.1, -0.05) is 36.4 Å². The van der Waals surface area contributed by atoms with E-state index in [1.165, 1.54) is 0 Å². The summed E-state index contributed by atoms with van der Waals surface area (Å²) in [6.07, 6.45) is 2.62. The Balaban J connectivity index is 2.01. The van der Waals surface area contributed by atoms with Crippen LogP contribution in [0.5, 0.6) is 0 Å². The molecule has 94 valence electrons. The van der Waals surface area contributed by atoms with Crippen LogP contribution in [0.2, 0.25) is 0 Å². The lowest BCUT2D eigenvalue weighted by atomic mass is 9.96. The van der Waals surface area contributed by atoms with Crippen LogP contribution in [0.15, 0.2) is 54.7 Å². The van der Waals surface area contributed by atoms with Crippen LogP contribution in [-0.4, -0.2) is 10.8 Å². The maximum atomic E-state index is 12.1. The molecule has 0 N–H and O–H groups in total. The molecule has 1 unspecified atom stereocenters. The van der Waals surface area contributed by atoms with Gasteiger partial charge in [0.05, 0.1) is 11.8 Å². The molecular formula is C16H14N2O. The van der Waals surface area contributed by atoms with E-state index in [4.69, 9.17) is 5.26 Å². The summed E-state index contributed by atoms with van der Waals surface area (Å²) < 4.78 is 0. The Morgan fingerprint density at radius 3 is 2.53 bits per heavy atom. The van der Waals surface area contributed by atoms with Crippen LogP contribution in [0.4, 0.5) is 0 Å². The monoisotopic (exact) mass is 250 g/mol. The smallest absolute Gasteiger partial charge is 0.156 e. The largest absolute Gasteiger partial charge is 0.298 e. The van der Waals surface area contributed by atoms with E-state index in [0.717, 1.165) is 5.56 Å². The van der Waals surface area contributed by atoms with Crippen LogP contribution in [0.3, 0.4) is 0 Å². The van der Waals surface area contributed by atoms with Gasteiger partial charge in [0.15, 0.2) is 5.78 Å². The normalized spacial score (nSPS) is 11.5. The van der Waals surface area contributed by atoms with Gasteiger partial charge in [-0.15, -0.1) is 0 Å². The van der Waals surface area contributed by atoms with Gasteiger partial charge in [0.25, 0.3) is 0 Å². The summed E-state index contributed by atoms with van der Waals surface area (Å²) in [6, 6.07) is 17.1. The molecule has 2 rings (SSSR count). The van der Waals surface area contributed by atoms with Crippen molar-refractivity contribution in [3.63, 3.8) is 0 Å². The molecule has 2 aromatic rings. The zero-order chi connectivity index (χ0) is 13.5. The third kappa shape index (κ3) is 3.49. The van der Waals surface area contributed by atoms with Crippen LogP contribution in [0, 0.1) is 11.3 Å². The number of ketones is 1. The molecule has 0 saturated heterocycles. The molecule has 1 aromatic carbocycles. The van der Waals surface area contributed by atoms with Gasteiger partial charge < -0.3 is 0 Å². The van der Waals surface area contributed by atoms with Crippen molar-refractivity contribution in [2.75, 3.05) is 0 Å². The van der Waals surface area contributed by atoms with E-state index in [1.807, 2.05) is 36.4 Å². The number of aryl methyl sites for hydroxylation is 1. The number of pyridine rings is 1. The SMILES string of the molecule is N#CC(C(=O)CCc1ccccc1)c1ccccn1. The first kappa shape index (κ1) is 13.0. The summed E-state index contributed by atoms with van der Waals surface area (Å²) in [4.78, 5) is 16.2. The lowest BCUT2D eigenvalue weighted by molar-refractivity contribution is -0.119. The molecule has 1 heterocycles. The molecule has 1 aromatic heterocycles. The zero-order valence-corrected chi connectivity index (χ0v) is 10.5. The van der Waals surface area contributed by atoms with E-state index in [0.29, 0.717) is 18.5 Å². The summed E-state index contributed by atoms with van der Waals surface area (Å²) in [6.45, 7) is 0. The summed E-state index contributed by atoms with van der Waals surface area (Å²) in [7, 11) is 0. The third-order valence-electron chi connectivity index (χ3n) is 2.94. The van der Waals surface area contributed by atoms with Crippen molar-refractivity contribution in [3.05, 3.63) is 66.0 Å². The van der Waals surface area contributed by atoms with Crippen LogP contribution in [0.25, 0.3) is 0 Å². The molecule has 0 aliphatic heterocycles. The standard InChI is InChI=1S/C16H14N2O/c17-12-14(15-8-4-5-11-18-15)16(19)10-9-13-6-2-1-3-7-13/h1-8,11,14H,9-10H2. The molecule has 19 heavy (non-hydrogen) atoms. The molecule has 0 aliphatic carbocycles. The topological polar surface area (TPSA) is 53.8 Å². The third-order valence-corrected chi connectivity index (χ3v) is 2.94. The first-order valence-electron chi connectivity index (χ1n) is 6.18. The molecule has 0 amide bonds. The number of carbonyl (C=O) groups excluding carboxylic acids is 1. The fraction of sp³-hybridized carbons (Fsp3) is 0.188. The molecule has 3 nitrogen and oxygen atoms in total. The molecule has 1 atom stereocenters. The molecule has 0 spiro atoms. The number of nitrogens with zero attached hydrogens (tertiary/aromatic N) is 2. The van der Waals surface area contributed by atoms with Crippen molar-refractivity contribution in [2.24, 2.45) is 0 Å². The van der Waals surface area contributed by atoms with Gasteiger partial charge >= 0.3 is 0 Å². The lowest BCUT2D eigenvalue weighted by Crippen LogP contribution is -2.12. The number of Topliss-reactive ketones (excluding diaryl/α,β-unsaturated/α-hetero) is 1. The van der Waals surface area contributed by atoms with Gasteiger partial charge in [0.2, 0.25) is 0 Å². The van der Waals surface area contributed by atoms with Crippen molar-refractivity contribution in [3.8, 4) is 6.07 Å². The van der Waals surface area contributed by atoms with Crippen molar-refractivity contribution in [1.82, 2.24) is 4.98 Å². The number of benzene rings is 1. The summed E-state index contributed by atoms with van der Waals surface area (Å²) >= 11 is 0. The lowest BCUT2D eigenvalue weighted by Gasteiger charge is -2.07. The molecule has 0 radical (unpaired) electrons. The van der Waals surface area contributed by atoms with Crippen molar-refractivity contribution in [2.45, 2.75) is 18.8 Å². The van der Waals surface area contributed by atoms with Gasteiger partial charge in [0, 0.05) is 12.6 Å². The number of hydrogen-bond acceptors (Lipinski definition) is 3. The predicted octanol–water partition coefficient (Wildman–Crippen LogP) is 2.89. The Kier molecular flexibility index (Phi) is 4.41. The Labute approximate surface area is 112 Å². The van der Waals surface area contributed by atoms with Crippen LogP contribution < -0.4 is 0 Å². The van der Waals surface area contributed by atoms with Crippen LogP contribution in [0.1, 0.15) is 23.6 Å². The van der Waals surface area contributed by atoms with E-state index in [9.17, 15) is 4.79 Å². The first-order chi connectivity index (χ1) is 9.31. The number of aromatic nitrogens is 1. The Morgan fingerprint density at radius 2 is 1.89 bits per heavy atom. The highest BCUT2D eigenvalue weighted by molar-refractivity contribution is 5.88. The second-order valence-electron chi connectivity index (χ2n) is 4.27. The highest BCUT2D eigenvalue weighted by Crippen LogP contribution is 2.16. The van der Waals surface area contributed by atoms with Crippen LogP contribution >= 0.6 is 0 Å². The quantitative estimate of drug-likeness (QED) is 0.819. The zero-order valence-electron chi connectivity index (χ0n) is 10.5. The number of carbonyl (C=O) groups is 1. The Hall–Kier alpha value is -2.47. The van der Waals surface area contributed by atoms with Crippen molar-refractivity contribution >= 4 is 5.78 Å². The highest BCUT2D eigenvalue weighted by Gasteiger charge is 2.20. The second kappa shape index (κ2) is 6.46. The molecule has 0 aliphatic rings. The van der Waals surface area contributed by atoms with E-state index in [-0.39, 0.29) is 5.78 Å². The highest BCUT2D eigenvalue weighted by atomic mass is 16.1. The molecule has 0 fully saturated rings. The first-order valence-corrected chi connectivity index (χ1v) is 6.18. The minimum Gasteiger partial charge on any atom is -0.298 e. The maximum absolute atomic E-state index is 12.1. The Bertz CT molecular complexity index is 573. The van der Waals surface area contributed by atoms with Gasteiger partial charge in [-0.25, -0.2) is 0 Å². The molecule has 0 saturated carbocycles. The Morgan fingerprint density at radius 1 is 1.16 bits per heavy atom. The van der Waals surface area contributed by atoms with Gasteiger partial charge in [0.1, 0.15) is 5.92 Å². The minimum absolute atomic E-state index is 0.0787. The average Bonchev–Trinajstić information content (AvgIpc) is 2.48. The maximum Gasteiger partial charge on any atom is 0.156 e. The summed E-state index contributed by atoms with van der Waals surface area (Å²) in [5, 5.41) is 9.14. The molecule has 0 bridgehead atoms. The van der Waals surface area contributed by atoms with Gasteiger partial charge in [-0.05, 0) is 24.1 Å². The van der Waals surface area contributed by atoms with E-state index >= 15 is 0 Å². The summed E-state index contributed by atoms with van der Waals surface area (Å²) in [5.74, 6) is -0.838. The van der Waals surface area contributed by atoms with Gasteiger partial charge in [-0.3, -0.25) is 9.78 Å². The summed E-state index contributed by atoms with van der Waals surface area (Å²) in [5.41, 5.74) is 1.64. The minimum atomic E-state index is -0.759. The van der Waals surface area contributed by atoms with Crippen molar-refractivity contribution < 1.29 is 4.79 Å². The fourth-order valence-corrected chi connectivity index (χ4v) is 1.91. The fourth-order valence-electron chi connectivity index (χ4n) is 1.91. The number of nitriles is 1. The average molecular weight is 250 g/mol. The second-order valence-corrected chi connectivity index (χ2v) is 4.27. The number of rotatable bonds is 5.